The van der Waals surface area contributed by atoms with Gasteiger partial charge >= 0.3 is 0 Å². The third-order valence-corrected chi connectivity index (χ3v) is 1.55. The molecule has 0 rings (SSSR count). The molecule has 0 unspecified atom stereocenters. The van der Waals surface area contributed by atoms with Gasteiger partial charge in [-0.15, -0.1) is 0 Å². The molecule has 0 aromatic carbocycles. The van der Waals surface area contributed by atoms with Crippen LogP contribution in [0.2, 0.25) is 0 Å². The van der Waals surface area contributed by atoms with E-state index in [4.69, 9.17) is 4.74 Å². The quantitative estimate of drug-likeness (QED) is 0.563. The fourth-order valence-corrected chi connectivity index (χ4v) is 0.940. The Labute approximate surface area is 81.5 Å². The van der Waals surface area contributed by atoms with E-state index in [9.17, 15) is 5.11 Å². The molecule has 0 aromatic rings. The van der Waals surface area contributed by atoms with Crippen LogP contribution < -0.4 is 5.32 Å². The molecule has 0 aliphatic heterocycles. The number of hydrogen-bond acceptors (Lipinski definition) is 3. The Kier molecular flexibility index (Phi) is 7.23. The molecule has 0 atom stereocenters. The summed E-state index contributed by atoms with van der Waals surface area (Å²) in [6.45, 7) is 8.92. The second-order valence-corrected chi connectivity index (χ2v) is 3.96. The van der Waals surface area contributed by atoms with Crippen molar-refractivity contribution in [1.29, 1.82) is 0 Å². The number of rotatable bonds is 8. The molecule has 80 valence electrons. The summed E-state index contributed by atoms with van der Waals surface area (Å²) in [7, 11) is 0. The SMILES string of the molecule is CCCOCCCNCC(C)(C)O. The van der Waals surface area contributed by atoms with E-state index < -0.39 is 5.60 Å². The molecule has 0 spiro atoms. The van der Waals surface area contributed by atoms with Crippen LogP contribution in [0, 0.1) is 0 Å². The molecule has 0 radical (unpaired) electrons. The van der Waals surface area contributed by atoms with Crippen molar-refractivity contribution in [3.05, 3.63) is 0 Å². The summed E-state index contributed by atoms with van der Waals surface area (Å²) < 4.78 is 5.31. The van der Waals surface area contributed by atoms with Gasteiger partial charge in [0.05, 0.1) is 5.60 Å². The number of nitrogens with one attached hydrogen (secondary N) is 1. The number of aliphatic hydroxyl groups is 1. The van der Waals surface area contributed by atoms with Gasteiger partial charge in [-0.3, -0.25) is 0 Å². The Bertz CT molecular complexity index is 110. The van der Waals surface area contributed by atoms with Gasteiger partial charge in [-0.2, -0.15) is 0 Å². The highest BCUT2D eigenvalue weighted by atomic mass is 16.5. The minimum atomic E-state index is -0.607. The predicted molar refractivity (Wildman–Crippen MR) is 54.9 cm³/mol. The second kappa shape index (κ2) is 7.30. The molecule has 3 heteroatoms. The van der Waals surface area contributed by atoms with E-state index in [1.807, 2.05) is 0 Å². The molecule has 0 aliphatic carbocycles. The zero-order valence-electron chi connectivity index (χ0n) is 9.10. The van der Waals surface area contributed by atoms with Crippen LogP contribution in [-0.4, -0.2) is 37.0 Å². The molecule has 0 bridgehead atoms. The number of ether oxygens (including phenoxy) is 1. The zero-order chi connectivity index (χ0) is 10.2. The maximum absolute atomic E-state index is 9.36. The van der Waals surface area contributed by atoms with Gasteiger partial charge in [0, 0.05) is 19.8 Å². The van der Waals surface area contributed by atoms with E-state index in [2.05, 4.69) is 12.2 Å². The first-order chi connectivity index (χ1) is 6.06. The lowest BCUT2D eigenvalue weighted by Crippen LogP contribution is -2.35. The van der Waals surface area contributed by atoms with Crippen LogP contribution in [-0.2, 0) is 4.74 Å². The lowest BCUT2D eigenvalue weighted by molar-refractivity contribution is 0.0780. The van der Waals surface area contributed by atoms with E-state index in [1.165, 1.54) is 0 Å². The minimum absolute atomic E-state index is 0.607. The van der Waals surface area contributed by atoms with Crippen molar-refractivity contribution in [1.82, 2.24) is 5.32 Å². The van der Waals surface area contributed by atoms with Gasteiger partial charge in [-0.05, 0) is 33.2 Å². The van der Waals surface area contributed by atoms with Crippen LogP contribution in [0.5, 0.6) is 0 Å². The topological polar surface area (TPSA) is 41.5 Å². The predicted octanol–water partition coefficient (Wildman–Crippen LogP) is 1.16. The Morgan fingerprint density at radius 2 is 2.00 bits per heavy atom. The second-order valence-electron chi connectivity index (χ2n) is 3.96. The summed E-state index contributed by atoms with van der Waals surface area (Å²) in [5, 5.41) is 12.5. The van der Waals surface area contributed by atoms with Crippen LogP contribution in [0.15, 0.2) is 0 Å². The first-order valence-corrected chi connectivity index (χ1v) is 5.07. The highest BCUT2D eigenvalue weighted by Crippen LogP contribution is 1.96. The average Bonchev–Trinajstić information content (AvgIpc) is 2.01. The number of hydrogen-bond donors (Lipinski definition) is 2. The van der Waals surface area contributed by atoms with Crippen molar-refractivity contribution in [3.63, 3.8) is 0 Å². The van der Waals surface area contributed by atoms with Crippen molar-refractivity contribution in [2.75, 3.05) is 26.3 Å². The summed E-state index contributed by atoms with van der Waals surface area (Å²) in [4.78, 5) is 0. The largest absolute Gasteiger partial charge is 0.389 e. The van der Waals surface area contributed by atoms with Gasteiger partial charge in [0.25, 0.3) is 0 Å². The van der Waals surface area contributed by atoms with Gasteiger partial charge < -0.3 is 15.2 Å². The fraction of sp³-hybridized carbons (Fsp3) is 1.00. The van der Waals surface area contributed by atoms with Crippen molar-refractivity contribution < 1.29 is 9.84 Å². The van der Waals surface area contributed by atoms with E-state index in [1.54, 1.807) is 13.8 Å². The van der Waals surface area contributed by atoms with Gasteiger partial charge in [0.1, 0.15) is 0 Å². The average molecular weight is 189 g/mol. The molecular formula is C10H23NO2. The van der Waals surface area contributed by atoms with Gasteiger partial charge in [-0.25, -0.2) is 0 Å². The van der Waals surface area contributed by atoms with Crippen molar-refractivity contribution in [3.8, 4) is 0 Å². The molecule has 0 fully saturated rings. The highest BCUT2D eigenvalue weighted by molar-refractivity contribution is 4.67. The molecule has 0 amide bonds. The van der Waals surface area contributed by atoms with Gasteiger partial charge in [-0.1, -0.05) is 6.92 Å². The Hall–Kier alpha value is -0.120. The lowest BCUT2D eigenvalue weighted by atomic mass is 10.1. The maximum Gasteiger partial charge on any atom is 0.0715 e. The molecule has 13 heavy (non-hydrogen) atoms. The van der Waals surface area contributed by atoms with E-state index in [0.717, 1.165) is 32.6 Å². The van der Waals surface area contributed by atoms with Crippen LogP contribution in [0.1, 0.15) is 33.6 Å². The van der Waals surface area contributed by atoms with E-state index >= 15 is 0 Å². The summed E-state index contributed by atoms with van der Waals surface area (Å²) in [5.74, 6) is 0. The third kappa shape index (κ3) is 11.9. The Balaban J connectivity index is 3.00. The first-order valence-electron chi connectivity index (χ1n) is 5.07. The summed E-state index contributed by atoms with van der Waals surface area (Å²) in [5.41, 5.74) is -0.607. The summed E-state index contributed by atoms with van der Waals surface area (Å²) >= 11 is 0. The molecule has 3 nitrogen and oxygen atoms in total. The molecular weight excluding hydrogens is 166 g/mol. The van der Waals surface area contributed by atoms with Crippen molar-refractivity contribution in [2.24, 2.45) is 0 Å². The van der Waals surface area contributed by atoms with Crippen LogP contribution >= 0.6 is 0 Å². The third-order valence-electron chi connectivity index (χ3n) is 1.55. The zero-order valence-corrected chi connectivity index (χ0v) is 9.10. The highest BCUT2D eigenvalue weighted by Gasteiger charge is 2.10. The molecule has 0 heterocycles. The fourth-order valence-electron chi connectivity index (χ4n) is 0.940. The summed E-state index contributed by atoms with van der Waals surface area (Å²) in [6, 6.07) is 0. The smallest absolute Gasteiger partial charge is 0.0715 e. The first kappa shape index (κ1) is 12.9. The van der Waals surface area contributed by atoms with Gasteiger partial charge in [0.2, 0.25) is 0 Å². The van der Waals surface area contributed by atoms with E-state index in [0.29, 0.717) is 6.54 Å². The molecule has 2 N–H and O–H groups in total. The standard InChI is InChI=1S/C10H23NO2/c1-4-7-13-8-5-6-11-9-10(2,3)12/h11-12H,4-9H2,1-3H3. The molecule has 0 saturated carbocycles. The Morgan fingerprint density at radius 1 is 1.31 bits per heavy atom. The Morgan fingerprint density at radius 3 is 2.54 bits per heavy atom. The summed E-state index contributed by atoms with van der Waals surface area (Å²) in [6.07, 6.45) is 2.09. The van der Waals surface area contributed by atoms with Gasteiger partial charge in [0.15, 0.2) is 0 Å². The molecule has 0 saturated heterocycles. The maximum atomic E-state index is 9.36. The monoisotopic (exact) mass is 189 g/mol. The lowest BCUT2D eigenvalue weighted by Gasteiger charge is -2.17. The van der Waals surface area contributed by atoms with Crippen molar-refractivity contribution >= 4 is 0 Å². The van der Waals surface area contributed by atoms with Crippen LogP contribution in [0.25, 0.3) is 0 Å². The molecule has 0 aromatic heterocycles. The van der Waals surface area contributed by atoms with Crippen molar-refractivity contribution in [2.45, 2.75) is 39.2 Å². The minimum Gasteiger partial charge on any atom is -0.389 e. The molecule has 0 aliphatic rings. The van der Waals surface area contributed by atoms with Crippen LogP contribution in [0.3, 0.4) is 0 Å². The van der Waals surface area contributed by atoms with Crippen LogP contribution in [0.4, 0.5) is 0 Å². The normalized spacial score (nSPS) is 12.0. The van der Waals surface area contributed by atoms with E-state index in [-0.39, 0.29) is 0 Å².